The average Bonchev–Trinajstić information content (AvgIpc) is 2.59. The first-order valence-electron chi connectivity index (χ1n) is 8.75. The van der Waals surface area contributed by atoms with Crippen LogP contribution < -0.4 is 9.47 Å². The Labute approximate surface area is 150 Å². The highest BCUT2D eigenvalue weighted by atomic mass is 16.6. The molecule has 5 nitrogen and oxygen atoms in total. The van der Waals surface area contributed by atoms with Crippen LogP contribution >= 0.6 is 0 Å². The molecule has 0 aliphatic rings. The van der Waals surface area contributed by atoms with E-state index < -0.39 is 4.92 Å². The van der Waals surface area contributed by atoms with Crippen LogP contribution in [0.15, 0.2) is 43.0 Å². The highest BCUT2D eigenvalue weighted by Crippen LogP contribution is 2.33. The van der Waals surface area contributed by atoms with E-state index in [1.807, 2.05) is 13.0 Å². The van der Waals surface area contributed by atoms with E-state index >= 15 is 0 Å². The van der Waals surface area contributed by atoms with E-state index in [0.29, 0.717) is 5.75 Å². The summed E-state index contributed by atoms with van der Waals surface area (Å²) in [6.07, 6.45) is 9.25. The fourth-order valence-corrected chi connectivity index (χ4v) is 2.57. The maximum absolute atomic E-state index is 11.2. The molecule has 0 aliphatic carbocycles. The van der Waals surface area contributed by atoms with Gasteiger partial charge in [0.2, 0.25) is 5.75 Å². The van der Waals surface area contributed by atoms with Crippen LogP contribution in [-0.4, -0.2) is 18.1 Å². The number of hydrogen-bond acceptors (Lipinski definition) is 4. The van der Waals surface area contributed by atoms with Crippen LogP contribution in [0, 0.1) is 10.1 Å². The van der Waals surface area contributed by atoms with Gasteiger partial charge in [-0.15, -0.1) is 6.58 Å². The lowest BCUT2D eigenvalue weighted by molar-refractivity contribution is -0.386. The minimum atomic E-state index is -0.441. The van der Waals surface area contributed by atoms with Crippen molar-refractivity contribution in [2.75, 3.05) is 7.11 Å². The number of allylic oxidation sites excluding steroid dienone is 1. The van der Waals surface area contributed by atoms with Crippen LogP contribution in [0.1, 0.15) is 51.9 Å². The van der Waals surface area contributed by atoms with Gasteiger partial charge in [-0.2, -0.15) is 0 Å². The molecule has 5 heteroatoms. The van der Waals surface area contributed by atoms with Crippen molar-refractivity contribution >= 4 is 5.69 Å². The molecule has 0 spiro atoms. The van der Waals surface area contributed by atoms with Crippen molar-refractivity contribution < 1.29 is 14.4 Å². The summed E-state index contributed by atoms with van der Waals surface area (Å²) < 4.78 is 11.1. The Morgan fingerprint density at radius 1 is 1.28 bits per heavy atom. The van der Waals surface area contributed by atoms with E-state index in [4.69, 9.17) is 9.47 Å². The summed E-state index contributed by atoms with van der Waals surface area (Å²) in [5.41, 5.74) is 0.806. The van der Waals surface area contributed by atoms with Crippen LogP contribution in [0.4, 0.5) is 5.69 Å². The van der Waals surface area contributed by atoms with Gasteiger partial charge in [0.1, 0.15) is 11.9 Å². The second kappa shape index (κ2) is 11.3. The Hall–Kier alpha value is -2.30. The van der Waals surface area contributed by atoms with Crippen molar-refractivity contribution in [3.05, 3.63) is 53.1 Å². The third kappa shape index (κ3) is 7.42. The van der Waals surface area contributed by atoms with Gasteiger partial charge >= 0.3 is 5.69 Å². The second-order valence-corrected chi connectivity index (χ2v) is 6.18. The quantitative estimate of drug-likeness (QED) is 0.194. The van der Waals surface area contributed by atoms with Crippen molar-refractivity contribution in [2.45, 2.75) is 58.0 Å². The molecular weight excluding hydrogens is 318 g/mol. The zero-order valence-electron chi connectivity index (χ0n) is 15.3. The molecule has 0 saturated heterocycles. The van der Waals surface area contributed by atoms with Crippen molar-refractivity contribution in [3.8, 4) is 11.5 Å². The Morgan fingerprint density at radius 2 is 1.96 bits per heavy atom. The molecule has 0 radical (unpaired) electrons. The fraction of sp³-hybridized carbons (Fsp3) is 0.500. The number of rotatable bonds is 13. The van der Waals surface area contributed by atoms with Gasteiger partial charge in [-0.25, -0.2) is 0 Å². The summed E-state index contributed by atoms with van der Waals surface area (Å²) in [6.45, 7) is 9.59. The molecule has 25 heavy (non-hydrogen) atoms. The summed E-state index contributed by atoms with van der Waals surface area (Å²) in [5, 5.41) is 11.2. The summed E-state index contributed by atoms with van der Waals surface area (Å²) in [6, 6.07) is 4.52. The minimum Gasteiger partial charge on any atom is -0.497 e. The van der Waals surface area contributed by atoms with E-state index in [9.17, 15) is 10.1 Å². The maximum Gasteiger partial charge on any atom is 0.311 e. The zero-order chi connectivity index (χ0) is 18.7. The summed E-state index contributed by atoms with van der Waals surface area (Å²) in [7, 11) is 1.52. The highest BCUT2D eigenvalue weighted by Gasteiger charge is 2.20. The largest absolute Gasteiger partial charge is 0.497 e. The average molecular weight is 347 g/mol. The molecule has 0 amide bonds. The van der Waals surface area contributed by atoms with Crippen molar-refractivity contribution in [1.29, 1.82) is 0 Å². The Morgan fingerprint density at radius 3 is 2.56 bits per heavy atom. The van der Waals surface area contributed by atoms with Crippen LogP contribution in [0.3, 0.4) is 0 Å². The lowest BCUT2D eigenvalue weighted by Crippen LogP contribution is -2.18. The lowest BCUT2D eigenvalue weighted by atomic mass is 10.0. The summed E-state index contributed by atoms with van der Waals surface area (Å²) in [5.74, 6) is 0.756. The van der Waals surface area contributed by atoms with Gasteiger partial charge in [0.25, 0.3) is 0 Å². The number of hydrogen-bond donors (Lipinski definition) is 0. The predicted molar refractivity (Wildman–Crippen MR) is 101 cm³/mol. The van der Waals surface area contributed by atoms with E-state index in [0.717, 1.165) is 31.3 Å². The second-order valence-electron chi connectivity index (χ2n) is 6.18. The maximum atomic E-state index is 11.2. The smallest absolute Gasteiger partial charge is 0.311 e. The number of ether oxygens (including phenoxy) is 2. The van der Waals surface area contributed by atoms with Crippen molar-refractivity contribution in [1.82, 2.24) is 0 Å². The van der Waals surface area contributed by atoms with Crippen molar-refractivity contribution in [3.63, 3.8) is 0 Å². The molecule has 1 aromatic carbocycles. The van der Waals surface area contributed by atoms with Gasteiger partial charge in [0.15, 0.2) is 0 Å². The molecule has 1 rings (SSSR count). The van der Waals surface area contributed by atoms with Gasteiger partial charge in [-0.05, 0) is 44.2 Å². The molecule has 0 heterocycles. The molecule has 0 N–H and O–H groups in total. The molecule has 1 aromatic rings. The van der Waals surface area contributed by atoms with Gasteiger partial charge in [0.05, 0.1) is 12.0 Å². The number of nitrogens with zero attached hydrogens (tertiary/aromatic N) is 1. The Bertz CT molecular complexity index is 583. The minimum absolute atomic E-state index is 0.0588. The molecule has 1 atom stereocenters. The van der Waals surface area contributed by atoms with E-state index in [1.54, 1.807) is 12.1 Å². The normalized spacial score (nSPS) is 11.6. The highest BCUT2D eigenvalue weighted by molar-refractivity contribution is 5.50. The number of nitro groups is 1. The topological polar surface area (TPSA) is 61.6 Å². The molecule has 0 aromatic heterocycles. The monoisotopic (exact) mass is 347 g/mol. The predicted octanol–water partition coefficient (Wildman–Crippen LogP) is 5.84. The van der Waals surface area contributed by atoms with E-state index in [2.05, 4.69) is 13.2 Å². The molecule has 0 aliphatic heterocycles. The first kappa shape index (κ1) is 20.7. The van der Waals surface area contributed by atoms with E-state index in [1.165, 1.54) is 32.4 Å². The molecule has 0 saturated carbocycles. The van der Waals surface area contributed by atoms with Gasteiger partial charge in [-0.1, -0.05) is 31.9 Å². The van der Waals surface area contributed by atoms with Gasteiger partial charge in [-0.3, -0.25) is 10.1 Å². The first-order chi connectivity index (χ1) is 12.0. The first-order valence-corrected chi connectivity index (χ1v) is 8.75. The van der Waals surface area contributed by atoms with Crippen LogP contribution in [0.2, 0.25) is 0 Å². The standard InChI is InChI=1S/C20H29NO4/c1-5-6-7-8-9-10-11-12-19(16(2)3)25-20-15-17(24-4)13-14-18(20)21(22)23/h5,13-15,19H,1-2,6-12H2,3-4H3. The number of nitro benzene ring substituents is 1. The lowest BCUT2D eigenvalue weighted by Gasteiger charge is -2.19. The SMILES string of the molecule is C=CCCCCCCCC(Oc1cc(OC)ccc1[N+](=O)[O-])C(=C)C. The zero-order valence-corrected chi connectivity index (χ0v) is 15.3. The van der Waals surface area contributed by atoms with Gasteiger partial charge < -0.3 is 9.47 Å². The summed E-state index contributed by atoms with van der Waals surface area (Å²) >= 11 is 0. The third-order valence-corrected chi connectivity index (χ3v) is 4.06. The van der Waals surface area contributed by atoms with Crippen LogP contribution in [-0.2, 0) is 0 Å². The number of methoxy groups -OCH3 is 1. The molecule has 1 unspecified atom stereocenters. The number of unbranched alkanes of at least 4 members (excludes halogenated alkanes) is 5. The molecule has 0 fully saturated rings. The van der Waals surface area contributed by atoms with Crippen LogP contribution in [0.25, 0.3) is 0 Å². The van der Waals surface area contributed by atoms with E-state index in [-0.39, 0.29) is 17.5 Å². The number of benzene rings is 1. The van der Waals surface area contributed by atoms with Crippen LogP contribution in [0.5, 0.6) is 11.5 Å². The van der Waals surface area contributed by atoms with Gasteiger partial charge in [0, 0.05) is 12.1 Å². The molecule has 0 bridgehead atoms. The van der Waals surface area contributed by atoms with Crippen molar-refractivity contribution in [2.24, 2.45) is 0 Å². The molecule has 138 valence electrons. The third-order valence-electron chi connectivity index (χ3n) is 4.06. The molecular formula is C20H29NO4. The Kier molecular flexibility index (Phi) is 9.37. The Balaban J connectivity index is 2.64. The summed E-state index contributed by atoms with van der Waals surface area (Å²) in [4.78, 5) is 10.8. The fourth-order valence-electron chi connectivity index (χ4n) is 2.57.